The molecule has 2 aromatic rings. The van der Waals surface area contributed by atoms with Gasteiger partial charge in [0.15, 0.2) is 5.82 Å². The number of nitrogens with one attached hydrogen (secondary N) is 1. The van der Waals surface area contributed by atoms with E-state index >= 15 is 0 Å². The Morgan fingerprint density at radius 2 is 2.00 bits per heavy atom. The molecule has 3 N–H and O–H groups in total. The van der Waals surface area contributed by atoms with Crippen LogP contribution < -0.4 is 5.73 Å². The molecule has 14 heavy (non-hydrogen) atoms. The van der Waals surface area contributed by atoms with E-state index in [-0.39, 0.29) is 5.82 Å². The maximum Gasteiger partial charge on any atom is 0.195 e. The molecule has 72 valence electrons. The fourth-order valence-electron chi connectivity index (χ4n) is 1.12. The normalized spacial score (nSPS) is 12.7. The van der Waals surface area contributed by atoms with E-state index < -0.39 is 6.04 Å². The van der Waals surface area contributed by atoms with Gasteiger partial charge in [-0.2, -0.15) is 5.21 Å². The molecule has 0 amide bonds. The Balaban J connectivity index is 2.28. The number of halogens is 1. The minimum Gasteiger partial charge on any atom is -0.318 e. The maximum absolute atomic E-state index is 12.6. The first-order valence-corrected chi connectivity index (χ1v) is 4.02. The number of aromatic nitrogens is 4. The number of hydrogen-bond donors (Lipinski definition) is 2. The van der Waals surface area contributed by atoms with Gasteiger partial charge in [-0.3, -0.25) is 0 Å². The summed E-state index contributed by atoms with van der Waals surface area (Å²) in [5.41, 5.74) is 6.55. The van der Waals surface area contributed by atoms with Crippen molar-refractivity contribution in [3.8, 4) is 0 Å². The summed E-state index contributed by atoms with van der Waals surface area (Å²) >= 11 is 0. The van der Waals surface area contributed by atoms with Crippen LogP contribution in [0.5, 0.6) is 0 Å². The monoisotopic (exact) mass is 193 g/mol. The number of benzene rings is 1. The van der Waals surface area contributed by atoms with E-state index in [9.17, 15) is 4.39 Å². The van der Waals surface area contributed by atoms with Crippen molar-refractivity contribution in [3.63, 3.8) is 0 Å². The Bertz CT molecular complexity index is 396. The van der Waals surface area contributed by atoms with Crippen molar-refractivity contribution >= 4 is 0 Å². The largest absolute Gasteiger partial charge is 0.318 e. The number of tetrazole rings is 1. The van der Waals surface area contributed by atoms with Crippen LogP contribution in [0.25, 0.3) is 0 Å². The molecule has 0 aliphatic carbocycles. The van der Waals surface area contributed by atoms with Crippen LogP contribution in [0.4, 0.5) is 4.39 Å². The minimum atomic E-state index is -0.477. The van der Waals surface area contributed by atoms with Gasteiger partial charge in [-0.25, -0.2) is 4.39 Å². The molecule has 2 rings (SSSR count). The zero-order valence-electron chi connectivity index (χ0n) is 7.18. The maximum atomic E-state index is 12.6. The Kier molecular flexibility index (Phi) is 2.19. The number of rotatable bonds is 2. The van der Waals surface area contributed by atoms with Crippen molar-refractivity contribution in [3.05, 3.63) is 41.5 Å². The van der Waals surface area contributed by atoms with E-state index in [1.54, 1.807) is 12.1 Å². The third-order valence-electron chi connectivity index (χ3n) is 1.87. The van der Waals surface area contributed by atoms with E-state index in [0.717, 1.165) is 5.56 Å². The molecule has 0 bridgehead atoms. The zero-order valence-corrected chi connectivity index (χ0v) is 7.18. The molecular weight excluding hydrogens is 185 g/mol. The van der Waals surface area contributed by atoms with Crippen LogP contribution in [-0.4, -0.2) is 20.6 Å². The molecule has 6 heteroatoms. The van der Waals surface area contributed by atoms with Gasteiger partial charge in [0.05, 0.1) is 6.04 Å². The van der Waals surface area contributed by atoms with Crippen LogP contribution in [0, 0.1) is 5.82 Å². The van der Waals surface area contributed by atoms with Gasteiger partial charge in [0, 0.05) is 0 Å². The number of nitrogens with zero attached hydrogens (tertiary/aromatic N) is 3. The molecule has 0 aliphatic rings. The Labute approximate surface area is 79.1 Å². The highest BCUT2D eigenvalue weighted by Crippen LogP contribution is 2.14. The summed E-state index contributed by atoms with van der Waals surface area (Å²) in [5.74, 6) is 0.0886. The van der Waals surface area contributed by atoms with E-state index in [4.69, 9.17) is 5.73 Å². The molecule has 1 atom stereocenters. The first-order valence-electron chi connectivity index (χ1n) is 4.02. The highest BCUT2D eigenvalue weighted by Gasteiger charge is 2.12. The van der Waals surface area contributed by atoms with Crippen LogP contribution in [0.15, 0.2) is 24.3 Å². The predicted molar refractivity (Wildman–Crippen MR) is 46.6 cm³/mol. The third-order valence-corrected chi connectivity index (χ3v) is 1.87. The number of nitrogens with two attached hydrogens (primary N) is 1. The molecule has 1 aromatic carbocycles. The SMILES string of the molecule is NC(c1ccc(F)cc1)c1nn[nH]n1. The third kappa shape index (κ3) is 1.60. The fraction of sp³-hybridized carbons (Fsp3) is 0.125. The molecule has 0 fully saturated rings. The van der Waals surface area contributed by atoms with E-state index in [1.165, 1.54) is 12.1 Å². The molecule has 0 spiro atoms. The molecular formula is C8H8FN5. The van der Waals surface area contributed by atoms with Crippen LogP contribution in [0.1, 0.15) is 17.4 Å². The van der Waals surface area contributed by atoms with Crippen LogP contribution >= 0.6 is 0 Å². The van der Waals surface area contributed by atoms with E-state index in [2.05, 4.69) is 20.6 Å². The predicted octanol–water partition coefficient (Wildman–Crippen LogP) is 0.387. The van der Waals surface area contributed by atoms with Gasteiger partial charge in [0.2, 0.25) is 0 Å². The summed E-state index contributed by atoms with van der Waals surface area (Å²) in [5, 5.41) is 13.2. The molecule has 0 radical (unpaired) electrons. The zero-order chi connectivity index (χ0) is 9.97. The quantitative estimate of drug-likeness (QED) is 0.722. The molecule has 1 unspecified atom stereocenters. The number of H-pyrrole nitrogens is 1. The second-order valence-electron chi connectivity index (χ2n) is 2.80. The average molecular weight is 193 g/mol. The van der Waals surface area contributed by atoms with E-state index in [1.807, 2.05) is 0 Å². The lowest BCUT2D eigenvalue weighted by atomic mass is 10.1. The first kappa shape index (κ1) is 8.76. The van der Waals surface area contributed by atoms with Gasteiger partial charge >= 0.3 is 0 Å². The van der Waals surface area contributed by atoms with Gasteiger partial charge in [-0.15, -0.1) is 10.2 Å². The highest BCUT2D eigenvalue weighted by molar-refractivity contribution is 5.23. The van der Waals surface area contributed by atoms with Crippen LogP contribution in [-0.2, 0) is 0 Å². The molecule has 0 saturated carbocycles. The van der Waals surface area contributed by atoms with Crippen molar-refractivity contribution in [2.24, 2.45) is 5.73 Å². The summed E-state index contributed by atoms with van der Waals surface area (Å²) in [7, 11) is 0. The molecule has 1 heterocycles. The molecule has 1 aromatic heterocycles. The van der Waals surface area contributed by atoms with Gasteiger partial charge in [-0.05, 0) is 17.7 Å². The van der Waals surface area contributed by atoms with Crippen molar-refractivity contribution in [2.45, 2.75) is 6.04 Å². The number of hydrogen-bond acceptors (Lipinski definition) is 4. The summed E-state index contributed by atoms with van der Waals surface area (Å²) in [4.78, 5) is 0. The van der Waals surface area contributed by atoms with Gasteiger partial charge < -0.3 is 5.73 Å². The average Bonchev–Trinajstić information content (AvgIpc) is 2.71. The van der Waals surface area contributed by atoms with Gasteiger partial charge in [-0.1, -0.05) is 17.3 Å². The lowest BCUT2D eigenvalue weighted by Crippen LogP contribution is -2.13. The van der Waals surface area contributed by atoms with Crippen molar-refractivity contribution in [1.29, 1.82) is 0 Å². The van der Waals surface area contributed by atoms with Crippen molar-refractivity contribution < 1.29 is 4.39 Å². The lowest BCUT2D eigenvalue weighted by Gasteiger charge is -2.06. The fourth-order valence-corrected chi connectivity index (χ4v) is 1.12. The lowest BCUT2D eigenvalue weighted by molar-refractivity contribution is 0.626. The van der Waals surface area contributed by atoms with E-state index in [0.29, 0.717) is 5.82 Å². The molecule has 0 saturated heterocycles. The van der Waals surface area contributed by atoms with Gasteiger partial charge in [0.1, 0.15) is 5.82 Å². The summed E-state index contributed by atoms with van der Waals surface area (Å²) in [6.07, 6.45) is 0. The Hall–Kier alpha value is -1.82. The van der Waals surface area contributed by atoms with Crippen molar-refractivity contribution in [2.75, 3.05) is 0 Å². The van der Waals surface area contributed by atoms with Crippen molar-refractivity contribution in [1.82, 2.24) is 20.6 Å². The van der Waals surface area contributed by atoms with Crippen LogP contribution in [0.2, 0.25) is 0 Å². The summed E-state index contributed by atoms with van der Waals surface area (Å²) in [6.45, 7) is 0. The second kappa shape index (κ2) is 3.51. The van der Waals surface area contributed by atoms with Gasteiger partial charge in [0.25, 0.3) is 0 Å². The number of aromatic amines is 1. The first-order chi connectivity index (χ1) is 6.77. The second-order valence-corrected chi connectivity index (χ2v) is 2.80. The Morgan fingerprint density at radius 3 is 2.57 bits per heavy atom. The topological polar surface area (TPSA) is 80.5 Å². The molecule has 0 aliphatic heterocycles. The van der Waals surface area contributed by atoms with Crippen LogP contribution in [0.3, 0.4) is 0 Å². The molecule has 5 nitrogen and oxygen atoms in total. The minimum absolute atomic E-state index is 0.297. The highest BCUT2D eigenvalue weighted by atomic mass is 19.1. The smallest absolute Gasteiger partial charge is 0.195 e. The Morgan fingerprint density at radius 1 is 1.29 bits per heavy atom. The summed E-state index contributed by atoms with van der Waals surface area (Å²) < 4.78 is 12.6. The summed E-state index contributed by atoms with van der Waals surface area (Å²) in [6, 6.07) is 5.39. The standard InChI is InChI=1S/C8H8FN5/c9-6-3-1-5(2-4-6)7(10)8-11-13-14-12-8/h1-4,7H,10H2,(H,11,12,13,14).